The molecule has 0 saturated heterocycles. The highest BCUT2D eigenvalue weighted by atomic mass is 32.1. The number of rotatable bonds is 6. The molecule has 4 nitrogen and oxygen atoms in total. The second-order valence-corrected chi connectivity index (χ2v) is 4.62. The van der Waals surface area contributed by atoms with E-state index in [1.165, 1.54) is 0 Å². The maximum atomic E-state index is 11.7. The van der Waals surface area contributed by atoms with Crippen LogP contribution in [0.25, 0.3) is 0 Å². The number of hydrogen-bond donors (Lipinski definition) is 2. The third-order valence-electron chi connectivity index (χ3n) is 2.47. The topological polar surface area (TPSA) is 54.0 Å². The van der Waals surface area contributed by atoms with Crippen molar-refractivity contribution in [2.24, 2.45) is 0 Å². The largest absolute Gasteiger partial charge is 0.352 e. The number of nitrogens with zero attached hydrogens (tertiary/aromatic N) is 1. The molecule has 0 fully saturated rings. The fraction of sp³-hybridized carbons (Fsp3) is 0.636. The van der Waals surface area contributed by atoms with E-state index in [1.807, 2.05) is 19.2 Å². The molecular weight excluding hydrogens is 222 g/mol. The Bertz CT molecular complexity index is 313. The average Bonchev–Trinajstić information content (AvgIpc) is 2.78. The van der Waals surface area contributed by atoms with E-state index >= 15 is 0 Å². The molecule has 2 unspecified atom stereocenters. The van der Waals surface area contributed by atoms with E-state index in [9.17, 15) is 4.79 Å². The maximum absolute atomic E-state index is 11.7. The minimum absolute atomic E-state index is 0.0459. The molecule has 16 heavy (non-hydrogen) atoms. The highest BCUT2D eigenvalue weighted by Crippen LogP contribution is 2.00. The third kappa shape index (κ3) is 4.28. The van der Waals surface area contributed by atoms with Crippen molar-refractivity contribution < 1.29 is 4.79 Å². The first-order valence-corrected chi connectivity index (χ1v) is 6.48. The molecule has 1 rings (SSSR count). The van der Waals surface area contributed by atoms with Gasteiger partial charge in [0, 0.05) is 18.0 Å². The van der Waals surface area contributed by atoms with Gasteiger partial charge in [-0.05, 0) is 20.3 Å². The molecule has 0 saturated carbocycles. The molecule has 2 atom stereocenters. The van der Waals surface area contributed by atoms with Crippen molar-refractivity contribution in [3.63, 3.8) is 0 Å². The summed E-state index contributed by atoms with van der Waals surface area (Å²) in [6.45, 7) is 6.56. The normalized spacial score (nSPS) is 14.4. The number of carbonyl (C=O) groups is 1. The van der Waals surface area contributed by atoms with Gasteiger partial charge in [-0.15, -0.1) is 11.3 Å². The van der Waals surface area contributed by atoms with Gasteiger partial charge in [0.2, 0.25) is 5.91 Å². The number of nitrogens with one attached hydrogen (secondary N) is 2. The zero-order chi connectivity index (χ0) is 12.0. The second kappa shape index (κ2) is 6.60. The van der Waals surface area contributed by atoms with Crippen molar-refractivity contribution in [3.8, 4) is 0 Å². The lowest BCUT2D eigenvalue weighted by atomic mass is 10.2. The summed E-state index contributed by atoms with van der Waals surface area (Å²) in [5.74, 6) is 0.0459. The number of hydrogen-bond acceptors (Lipinski definition) is 4. The number of carbonyl (C=O) groups excluding carboxylic acids is 1. The van der Waals surface area contributed by atoms with E-state index in [0.717, 1.165) is 12.1 Å². The zero-order valence-corrected chi connectivity index (χ0v) is 10.8. The summed E-state index contributed by atoms with van der Waals surface area (Å²) < 4.78 is 0. The van der Waals surface area contributed by atoms with Crippen molar-refractivity contribution in [2.75, 3.05) is 0 Å². The summed E-state index contributed by atoms with van der Waals surface area (Å²) in [5, 5.41) is 8.07. The number of aromatic nitrogens is 1. The lowest BCUT2D eigenvalue weighted by molar-refractivity contribution is -0.123. The Morgan fingerprint density at radius 1 is 1.56 bits per heavy atom. The molecule has 0 aromatic carbocycles. The van der Waals surface area contributed by atoms with Gasteiger partial charge < -0.3 is 10.6 Å². The predicted octanol–water partition coefficient (Wildman–Crippen LogP) is 1.54. The van der Waals surface area contributed by atoms with Gasteiger partial charge in [-0.25, -0.2) is 4.98 Å². The average molecular weight is 241 g/mol. The van der Waals surface area contributed by atoms with Gasteiger partial charge >= 0.3 is 0 Å². The molecule has 1 heterocycles. The molecule has 5 heteroatoms. The Morgan fingerprint density at radius 3 is 2.88 bits per heavy atom. The van der Waals surface area contributed by atoms with Crippen LogP contribution in [-0.4, -0.2) is 23.0 Å². The van der Waals surface area contributed by atoms with Crippen LogP contribution in [-0.2, 0) is 11.3 Å². The summed E-state index contributed by atoms with van der Waals surface area (Å²) in [6, 6.07) is 0.0479. The summed E-state index contributed by atoms with van der Waals surface area (Å²) in [6.07, 6.45) is 0.949. The Hall–Kier alpha value is -0.940. The molecule has 0 aliphatic rings. The Morgan fingerprint density at radius 2 is 2.31 bits per heavy atom. The van der Waals surface area contributed by atoms with Crippen LogP contribution in [0.5, 0.6) is 0 Å². The summed E-state index contributed by atoms with van der Waals surface area (Å²) in [4.78, 5) is 15.8. The smallest absolute Gasteiger partial charge is 0.237 e. The van der Waals surface area contributed by atoms with Crippen LogP contribution in [0.2, 0.25) is 0 Å². The summed E-state index contributed by atoms with van der Waals surface area (Å²) in [7, 11) is 0. The lowest BCUT2D eigenvalue weighted by Gasteiger charge is -2.16. The third-order valence-corrected chi connectivity index (χ3v) is 3.10. The van der Waals surface area contributed by atoms with E-state index in [4.69, 9.17) is 0 Å². The van der Waals surface area contributed by atoms with Crippen LogP contribution in [0.15, 0.2) is 10.9 Å². The van der Waals surface area contributed by atoms with E-state index in [-0.39, 0.29) is 18.0 Å². The molecule has 0 aliphatic carbocycles. The van der Waals surface area contributed by atoms with Gasteiger partial charge in [0.25, 0.3) is 0 Å². The molecule has 0 bridgehead atoms. The Balaban J connectivity index is 2.29. The van der Waals surface area contributed by atoms with Crippen LogP contribution in [0.4, 0.5) is 0 Å². The molecule has 90 valence electrons. The van der Waals surface area contributed by atoms with Gasteiger partial charge in [0.1, 0.15) is 0 Å². The van der Waals surface area contributed by atoms with Crippen molar-refractivity contribution in [1.29, 1.82) is 0 Å². The SMILES string of the molecule is CCC(C)NC(=O)C(C)NCc1cscn1. The molecular formula is C11H19N3OS. The van der Waals surface area contributed by atoms with Gasteiger partial charge in [-0.3, -0.25) is 4.79 Å². The number of thiazole rings is 1. The van der Waals surface area contributed by atoms with Crippen LogP contribution < -0.4 is 10.6 Å². The standard InChI is InChI=1S/C11H19N3OS/c1-4-8(2)14-11(15)9(3)12-5-10-6-16-7-13-10/h6-9,12H,4-5H2,1-3H3,(H,14,15). The van der Waals surface area contributed by atoms with Crippen LogP contribution in [0.3, 0.4) is 0 Å². The van der Waals surface area contributed by atoms with Crippen molar-refractivity contribution in [3.05, 3.63) is 16.6 Å². The Labute approximate surface area is 100 Å². The highest BCUT2D eigenvalue weighted by Gasteiger charge is 2.13. The van der Waals surface area contributed by atoms with Crippen molar-refractivity contribution >= 4 is 17.2 Å². The van der Waals surface area contributed by atoms with E-state index < -0.39 is 0 Å². The lowest BCUT2D eigenvalue weighted by Crippen LogP contribution is -2.45. The monoisotopic (exact) mass is 241 g/mol. The van der Waals surface area contributed by atoms with E-state index in [1.54, 1.807) is 16.8 Å². The zero-order valence-electron chi connectivity index (χ0n) is 9.99. The van der Waals surface area contributed by atoms with Gasteiger partial charge in [0.05, 0.1) is 17.2 Å². The van der Waals surface area contributed by atoms with Crippen LogP contribution in [0, 0.1) is 0 Å². The second-order valence-electron chi connectivity index (χ2n) is 3.90. The van der Waals surface area contributed by atoms with Crippen molar-refractivity contribution in [1.82, 2.24) is 15.6 Å². The predicted molar refractivity (Wildman–Crippen MR) is 66.3 cm³/mol. The Kier molecular flexibility index (Phi) is 5.42. The summed E-state index contributed by atoms with van der Waals surface area (Å²) >= 11 is 1.56. The maximum Gasteiger partial charge on any atom is 0.237 e. The molecule has 1 aromatic heterocycles. The van der Waals surface area contributed by atoms with Gasteiger partial charge in [-0.2, -0.15) is 0 Å². The number of amides is 1. The summed E-state index contributed by atoms with van der Waals surface area (Å²) in [5.41, 5.74) is 2.77. The molecule has 0 radical (unpaired) electrons. The highest BCUT2D eigenvalue weighted by molar-refractivity contribution is 7.07. The van der Waals surface area contributed by atoms with E-state index in [0.29, 0.717) is 6.54 Å². The first kappa shape index (κ1) is 13.1. The minimum atomic E-state index is -0.185. The first-order valence-electron chi connectivity index (χ1n) is 5.54. The van der Waals surface area contributed by atoms with Gasteiger partial charge in [-0.1, -0.05) is 6.92 Å². The van der Waals surface area contributed by atoms with Crippen LogP contribution in [0.1, 0.15) is 32.9 Å². The molecule has 1 aromatic rings. The van der Waals surface area contributed by atoms with Crippen LogP contribution >= 0.6 is 11.3 Å². The quantitative estimate of drug-likeness (QED) is 0.794. The fourth-order valence-electron chi connectivity index (χ4n) is 1.15. The van der Waals surface area contributed by atoms with Crippen molar-refractivity contribution in [2.45, 2.75) is 45.8 Å². The first-order chi connectivity index (χ1) is 7.63. The molecule has 0 spiro atoms. The van der Waals surface area contributed by atoms with Gasteiger partial charge in [0.15, 0.2) is 0 Å². The minimum Gasteiger partial charge on any atom is -0.352 e. The molecule has 1 amide bonds. The van der Waals surface area contributed by atoms with E-state index in [2.05, 4.69) is 22.5 Å². The fourth-order valence-corrected chi connectivity index (χ4v) is 1.70. The molecule has 0 aliphatic heterocycles. The molecule has 2 N–H and O–H groups in total.